The zero-order valence-electron chi connectivity index (χ0n) is 16.9. The molecule has 5 heterocycles. The Balaban J connectivity index is 1.44. The lowest BCUT2D eigenvalue weighted by Crippen LogP contribution is -2.36. The summed E-state index contributed by atoms with van der Waals surface area (Å²) >= 11 is 0. The van der Waals surface area contributed by atoms with Gasteiger partial charge in [-0.15, -0.1) is 10.2 Å². The Kier molecular flexibility index (Phi) is 4.21. The number of piperidine rings is 1. The van der Waals surface area contributed by atoms with Crippen molar-refractivity contribution in [1.82, 2.24) is 34.5 Å². The molecule has 3 aromatic heterocycles. The summed E-state index contributed by atoms with van der Waals surface area (Å²) in [5.41, 5.74) is 1.83. The van der Waals surface area contributed by atoms with E-state index < -0.39 is 0 Å². The average molecular weight is 400 g/mol. The van der Waals surface area contributed by atoms with Gasteiger partial charge in [0.25, 0.3) is 0 Å². The lowest BCUT2D eigenvalue weighted by atomic mass is 10.0. The Hall–Kier alpha value is -3.29. The molecule has 0 radical (unpaired) electrons. The van der Waals surface area contributed by atoms with E-state index in [0.29, 0.717) is 0 Å². The van der Waals surface area contributed by atoms with Crippen LogP contribution in [-0.4, -0.2) is 41.1 Å². The van der Waals surface area contributed by atoms with Gasteiger partial charge >= 0.3 is 0 Å². The van der Waals surface area contributed by atoms with E-state index in [9.17, 15) is 0 Å². The first-order valence-corrected chi connectivity index (χ1v) is 10.8. The number of para-hydroxylation sites is 1. The fourth-order valence-electron chi connectivity index (χ4n) is 4.85. The van der Waals surface area contributed by atoms with E-state index in [-0.39, 0.29) is 6.04 Å². The molecular formula is C22H24N8. The predicted molar refractivity (Wildman–Crippen MR) is 114 cm³/mol. The number of aryl methyl sites for hydroxylation is 1. The minimum absolute atomic E-state index is 0.191. The van der Waals surface area contributed by atoms with Crippen LogP contribution in [0.5, 0.6) is 0 Å². The van der Waals surface area contributed by atoms with Gasteiger partial charge in [0.1, 0.15) is 18.0 Å². The molecule has 4 aromatic rings. The highest BCUT2D eigenvalue weighted by molar-refractivity contribution is 5.87. The maximum absolute atomic E-state index is 4.71. The summed E-state index contributed by atoms with van der Waals surface area (Å²) < 4.78 is 4.23. The van der Waals surface area contributed by atoms with Gasteiger partial charge in [0.15, 0.2) is 11.5 Å². The average Bonchev–Trinajstić information content (AvgIpc) is 3.44. The van der Waals surface area contributed by atoms with Crippen molar-refractivity contribution in [1.29, 1.82) is 0 Å². The zero-order valence-corrected chi connectivity index (χ0v) is 16.9. The van der Waals surface area contributed by atoms with Gasteiger partial charge in [0, 0.05) is 19.5 Å². The maximum Gasteiger partial charge on any atom is 0.168 e. The van der Waals surface area contributed by atoms with Crippen molar-refractivity contribution in [3.8, 4) is 5.69 Å². The second kappa shape index (κ2) is 7.19. The van der Waals surface area contributed by atoms with Crippen molar-refractivity contribution < 1.29 is 0 Å². The van der Waals surface area contributed by atoms with Crippen molar-refractivity contribution >= 4 is 16.9 Å². The summed E-state index contributed by atoms with van der Waals surface area (Å²) in [6, 6.07) is 10.3. The standard InChI is InChI=1S/C22H24N8/c1-2-8-16(9-3-1)30-21-17(14-25-30)20(23-15-24-21)28-12-6-4-10-18(28)22-27-26-19-11-5-7-13-29(19)22/h1-3,8-9,14-15,18H,4-7,10-13H2. The molecule has 2 aliphatic rings. The monoisotopic (exact) mass is 400 g/mol. The molecule has 1 unspecified atom stereocenters. The summed E-state index contributed by atoms with van der Waals surface area (Å²) in [5, 5.41) is 14.8. The van der Waals surface area contributed by atoms with E-state index in [2.05, 4.69) is 29.7 Å². The quantitative estimate of drug-likeness (QED) is 0.524. The number of nitrogens with zero attached hydrogens (tertiary/aromatic N) is 8. The second-order valence-electron chi connectivity index (χ2n) is 8.11. The van der Waals surface area contributed by atoms with Crippen LogP contribution in [0.2, 0.25) is 0 Å². The van der Waals surface area contributed by atoms with Gasteiger partial charge < -0.3 is 9.47 Å². The first-order valence-electron chi connectivity index (χ1n) is 10.8. The van der Waals surface area contributed by atoms with E-state index in [1.807, 2.05) is 41.2 Å². The largest absolute Gasteiger partial charge is 0.346 e. The predicted octanol–water partition coefficient (Wildman–Crippen LogP) is 3.47. The number of aromatic nitrogens is 7. The van der Waals surface area contributed by atoms with Crippen molar-refractivity contribution in [2.75, 3.05) is 11.4 Å². The first kappa shape index (κ1) is 17.6. The van der Waals surface area contributed by atoms with E-state index in [4.69, 9.17) is 4.98 Å². The zero-order chi connectivity index (χ0) is 19.9. The molecule has 0 amide bonds. The highest BCUT2D eigenvalue weighted by Gasteiger charge is 2.32. The van der Waals surface area contributed by atoms with Crippen molar-refractivity contribution in [3.63, 3.8) is 0 Å². The fourth-order valence-corrected chi connectivity index (χ4v) is 4.85. The minimum Gasteiger partial charge on any atom is -0.346 e. The Morgan fingerprint density at radius 1 is 0.900 bits per heavy atom. The number of hydrogen-bond donors (Lipinski definition) is 0. The van der Waals surface area contributed by atoms with E-state index in [0.717, 1.165) is 66.5 Å². The third kappa shape index (κ3) is 2.78. The van der Waals surface area contributed by atoms with Crippen LogP contribution in [0.4, 0.5) is 5.82 Å². The number of anilines is 1. The summed E-state index contributed by atoms with van der Waals surface area (Å²) in [4.78, 5) is 11.7. The van der Waals surface area contributed by atoms with Gasteiger partial charge in [-0.2, -0.15) is 5.10 Å². The lowest BCUT2D eigenvalue weighted by Gasteiger charge is -2.36. The molecule has 0 N–H and O–H groups in total. The molecule has 0 bridgehead atoms. The molecule has 152 valence electrons. The second-order valence-corrected chi connectivity index (χ2v) is 8.11. The number of hydrogen-bond acceptors (Lipinski definition) is 6. The van der Waals surface area contributed by atoms with Crippen molar-refractivity contribution in [3.05, 3.63) is 54.5 Å². The van der Waals surface area contributed by atoms with E-state index >= 15 is 0 Å². The maximum atomic E-state index is 4.71. The highest BCUT2D eigenvalue weighted by Crippen LogP contribution is 2.37. The molecular weight excluding hydrogens is 376 g/mol. The topological polar surface area (TPSA) is 77.5 Å². The van der Waals surface area contributed by atoms with Crippen LogP contribution < -0.4 is 4.90 Å². The Bertz CT molecular complexity index is 1180. The van der Waals surface area contributed by atoms with E-state index in [1.165, 1.54) is 19.3 Å². The summed E-state index contributed by atoms with van der Waals surface area (Å²) in [7, 11) is 0. The molecule has 2 aliphatic heterocycles. The smallest absolute Gasteiger partial charge is 0.168 e. The van der Waals surface area contributed by atoms with Crippen LogP contribution in [0.25, 0.3) is 16.7 Å². The van der Waals surface area contributed by atoms with Crippen LogP contribution >= 0.6 is 0 Å². The fraction of sp³-hybridized carbons (Fsp3) is 0.409. The van der Waals surface area contributed by atoms with Gasteiger partial charge in [0.2, 0.25) is 0 Å². The minimum atomic E-state index is 0.191. The van der Waals surface area contributed by atoms with Crippen LogP contribution in [0.15, 0.2) is 42.9 Å². The molecule has 0 spiro atoms. The Morgan fingerprint density at radius 3 is 2.73 bits per heavy atom. The number of fused-ring (bicyclic) bond motifs is 2. The molecule has 1 saturated heterocycles. The molecule has 1 atom stereocenters. The molecule has 8 heteroatoms. The van der Waals surface area contributed by atoms with Gasteiger partial charge in [-0.3, -0.25) is 0 Å². The Morgan fingerprint density at radius 2 is 1.80 bits per heavy atom. The third-order valence-corrected chi connectivity index (χ3v) is 6.31. The van der Waals surface area contributed by atoms with Gasteiger partial charge in [-0.1, -0.05) is 18.2 Å². The van der Waals surface area contributed by atoms with Crippen molar-refractivity contribution in [2.45, 2.75) is 51.1 Å². The molecule has 6 rings (SSSR count). The molecule has 0 aliphatic carbocycles. The molecule has 1 fully saturated rings. The first-order chi connectivity index (χ1) is 14.9. The lowest BCUT2D eigenvalue weighted by molar-refractivity contribution is 0.421. The third-order valence-electron chi connectivity index (χ3n) is 6.31. The summed E-state index contributed by atoms with van der Waals surface area (Å²) in [6.07, 6.45) is 10.4. The molecule has 8 nitrogen and oxygen atoms in total. The Labute approximate surface area is 174 Å². The van der Waals surface area contributed by atoms with Crippen LogP contribution in [0.3, 0.4) is 0 Å². The highest BCUT2D eigenvalue weighted by atomic mass is 15.3. The van der Waals surface area contributed by atoms with Gasteiger partial charge in [0.05, 0.1) is 23.3 Å². The van der Waals surface area contributed by atoms with Crippen LogP contribution in [-0.2, 0) is 13.0 Å². The van der Waals surface area contributed by atoms with Crippen LogP contribution in [0.1, 0.15) is 49.8 Å². The summed E-state index contributed by atoms with van der Waals surface area (Å²) in [5.74, 6) is 3.16. The molecule has 1 aromatic carbocycles. The van der Waals surface area contributed by atoms with E-state index in [1.54, 1.807) is 6.33 Å². The van der Waals surface area contributed by atoms with Crippen molar-refractivity contribution in [2.24, 2.45) is 0 Å². The normalized spacial score (nSPS) is 19.2. The van der Waals surface area contributed by atoms with Crippen LogP contribution in [0, 0.1) is 0 Å². The SMILES string of the molecule is c1ccc(-n2ncc3c(N4CCCCC4c4nnc5n4CCCC5)ncnc32)cc1. The molecule has 30 heavy (non-hydrogen) atoms. The molecule has 0 saturated carbocycles. The number of benzene rings is 1. The number of rotatable bonds is 3. The van der Waals surface area contributed by atoms with Gasteiger partial charge in [-0.05, 0) is 44.2 Å². The summed E-state index contributed by atoms with van der Waals surface area (Å²) in [6.45, 7) is 1.97. The van der Waals surface area contributed by atoms with Gasteiger partial charge in [-0.25, -0.2) is 14.6 Å².